The summed E-state index contributed by atoms with van der Waals surface area (Å²) in [6.07, 6.45) is 1.96. The van der Waals surface area contributed by atoms with Gasteiger partial charge in [-0.3, -0.25) is 9.69 Å². The number of aromatic nitrogens is 1. The molecule has 1 aromatic heterocycles. The minimum absolute atomic E-state index is 0.0702. The topological polar surface area (TPSA) is 37.6 Å². The molecule has 0 spiro atoms. The van der Waals surface area contributed by atoms with E-state index in [4.69, 9.17) is 16.6 Å². The van der Waals surface area contributed by atoms with Crippen LogP contribution in [-0.4, -0.2) is 27.1 Å². The number of carbonyl (C=O) groups excluding carboxylic acids is 1. The predicted octanol–water partition coefficient (Wildman–Crippen LogP) is 8.18. The number of thioether (sulfide) groups is 1. The second-order valence-electron chi connectivity index (χ2n) is 8.38. The molecule has 1 aliphatic rings. The van der Waals surface area contributed by atoms with E-state index in [1.165, 1.54) is 23.9 Å². The highest BCUT2D eigenvalue weighted by Crippen LogP contribution is 2.37. The summed E-state index contributed by atoms with van der Waals surface area (Å²) in [4.78, 5) is 20.3. The maximum absolute atomic E-state index is 13.4. The van der Waals surface area contributed by atoms with E-state index in [-0.39, 0.29) is 11.7 Å². The Morgan fingerprint density at radius 1 is 1.11 bits per heavy atom. The first kappa shape index (κ1) is 24.8. The van der Waals surface area contributed by atoms with Gasteiger partial charge in [0.15, 0.2) is 5.17 Å². The van der Waals surface area contributed by atoms with Gasteiger partial charge in [-0.15, -0.1) is 0 Å². The van der Waals surface area contributed by atoms with Crippen molar-refractivity contribution >= 4 is 73.0 Å². The summed E-state index contributed by atoms with van der Waals surface area (Å²) in [7, 11) is 0. The molecule has 1 aliphatic heterocycles. The van der Waals surface area contributed by atoms with Crippen molar-refractivity contribution < 1.29 is 9.18 Å². The highest BCUT2D eigenvalue weighted by atomic mass is 79.9. The van der Waals surface area contributed by atoms with Gasteiger partial charge in [0.05, 0.1) is 15.6 Å². The zero-order valence-corrected chi connectivity index (χ0v) is 22.8. The highest BCUT2D eigenvalue weighted by molar-refractivity contribution is 9.10. The van der Waals surface area contributed by atoms with Crippen molar-refractivity contribution in [3.8, 4) is 0 Å². The van der Waals surface area contributed by atoms with E-state index < -0.39 is 0 Å². The number of aliphatic imine (C=N–C) groups is 1. The Morgan fingerprint density at radius 2 is 1.86 bits per heavy atom. The van der Waals surface area contributed by atoms with Gasteiger partial charge < -0.3 is 4.57 Å². The lowest BCUT2D eigenvalue weighted by Gasteiger charge is -2.12. The summed E-state index contributed by atoms with van der Waals surface area (Å²) in [6.45, 7) is 5.11. The van der Waals surface area contributed by atoms with E-state index in [2.05, 4.69) is 39.6 Å². The van der Waals surface area contributed by atoms with E-state index in [9.17, 15) is 9.18 Å². The van der Waals surface area contributed by atoms with Crippen LogP contribution in [0.5, 0.6) is 0 Å². The fraction of sp³-hybridized carbons (Fsp3) is 0.143. The molecule has 0 unspecified atom stereocenters. The Hall–Kier alpha value is -2.87. The Labute approximate surface area is 226 Å². The first-order valence-electron chi connectivity index (χ1n) is 11.4. The van der Waals surface area contributed by atoms with Crippen molar-refractivity contribution in [2.75, 3.05) is 6.54 Å². The zero-order valence-electron chi connectivity index (χ0n) is 19.6. The minimum atomic E-state index is -0.251. The summed E-state index contributed by atoms with van der Waals surface area (Å²) in [6, 6.07) is 20.2. The molecule has 4 aromatic rings. The maximum atomic E-state index is 13.4. The zero-order chi connectivity index (χ0) is 25.4. The molecule has 0 N–H and O–H groups in total. The number of likely N-dealkylation sites (N-methyl/N-ethyl adjacent to an activating group) is 1. The first-order chi connectivity index (χ1) is 17.4. The molecule has 36 heavy (non-hydrogen) atoms. The normalized spacial score (nSPS) is 16.1. The third-order valence-electron chi connectivity index (χ3n) is 6.14. The van der Waals surface area contributed by atoms with E-state index in [0.717, 1.165) is 32.2 Å². The average Bonchev–Trinajstić information content (AvgIpc) is 3.31. The SMILES string of the molecule is CCN1C(=O)/C(=C\c2c(C)n(Cc3ccc(F)cc3)c3ccccc23)SC1=Nc1ccc(Br)c(Cl)c1. The van der Waals surface area contributed by atoms with Crippen molar-refractivity contribution in [3.05, 3.63) is 104 Å². The summed E-state index contributed by atoms with van der Waals surface area (Å²) in [5.74, 6) is -0.322. The molecule has 4 nitrogen and oxygen atoms in total. The number of fused-ring (bicyclic) bond motifs is 1. The molecular formula is C28H22BrClFN3OS. The summed E-state index contributed by atoms with van der Waals surface area (Å²) < 4.78 is 16.4. The minimum Gasteiger partial charge on any atom is -0.340 e. The van der Waals surface area contributed by atoms with Gasteiger partial charge in [0.1, 0.15) is 5.82 Å². The lowest BCUT2D eigenvalue weighted by Crippen LogP contribution is -2.28. The fourth-order valence-electron chi connectivity index (χ4n) is 4.28. The van der Waals surface area contributed by atoms with Crippen LogP contribution in [0.25, 0.3) is 17.0 Å². The first-order valence-corrected chi connectivity index (χ1v) is 13.4. The van der Waals surface area contributed by atoms with Gasteiger partial charge in [0.2, 0.25) is 0 Å². The Morgan fingerprint density at radius 3 is 2.58 bits per heavy atom. The molecule has 0 radical (unpaired) electrons. The molecule has 0 saturated carbocycles. The Kier molecular flexibility index (Phi) is 7.06. The van der Waals surface area contributed by atoms with Crippen LogP contribution in [-0.2, 0) is 11.3 Å². The van der Waals surface area contributed by atoms with Crippen molar-refractivity contribution in [2.24, 2.45) is 4.99 Å². The predicted molar refractivity (Wildman–Crippen MR) is 151 cm³/mol. The summed E-state index contributed by atoms with van der Waals surface area (Å²) in [5.41, 5.74) is 4.78. The molecule has 1 amide bonds. The highest BCUT2D eigenvalue weighted by Gasteiger charge is 2.32. The third kappa shape index (κ3) is 4.75. The lowest BCUT2D eigenvalue weighted by atomic mass is 10.1. The van der Waals surface area contributed by atoms with Crippen LogP contribution >= 0.6 is 39.3 Å². The molecule has 0 atom stereocenters. The number of amidine groups is 1. The maximum Gasteiger partial charge on any atom is 0.266 e. The Balaban J connectivity index is 1.55. The second-order valence-corrected chi connectivity index (χ2v) is 10.7. The Bertz CT molecular complexity index is 1540. The van der Waals surface area contributed by atoms with Crippen molar-refractivity contribution in [1.82, 2.24) is 9.47 Å². The van der Waals surface area contributed by atoms with Crippen molar-refractivity contribution in [3.63, 3.8) is 0 Å². The molecular weight excluding hydrogens is 561 g/mol. The second kappa shape index (κ2) is 10.2. The number of carbonyl (C=O) groups is 1. The summed E-state index contributed by atoms with van der Waals surface area (Å²) >= 11 is 11.0. The molecule has 182 valence electrons. The standard InChI is InChI=1S/C28H22BrClFN3OS/c1-3-33-27(35)26(36-28(33)32-20-12-13-23(29)24(30)14-20)15-22-17(2)34(25-7-5-4-6-21(22)25)16-18-8-10-19(31)11-9-18/h4-15H,3,16H2,1-2H3/b26-15+,32-28?. The largest absolute Gasteiger partial charge is 0.340 e. The number of para-hydroxylation sites is 1. The lowest BCUT2D eigenvalue weighted by molar-refractivity contribution is -0.122. The quantitative estimate of drug-likeness (QED) is 0.223. The molecule has 2 heterocycles. The molecule has 1 fully saturated rings. The van der Waals surface area contributed by atoms with E-state index >= 15 is 0 Å². The number of halogens is 3. The number of amides is 1. The molecule has 0 bridgehead atoms. The van der Waals surface area contributed by atoms with Crippen LogP contribution in [0.2, 0.25) is 5.02 Å². The number of benzene rings is 3. The van der Waals surface area contributed by atoms with E-state index in [1.807, 2.05) is 37.3 Å². The van der Waals surface area contributed by atoms with Crippen LogP contribution in [0.15, 0.2) is 81.1 Å². The van der Waals surface area contributed by atoms with Gasteiger partial charge in [-0.2, -0.15) is 0 Å². The van der Waals surface area contributed by atoms with Gasteiger partial charge in [-0.1, -0.05) is 41.9 Å². The average molecular weight is 583 g/mol. The number of hydrogen-bond donors (Lipinski definition) is 0. The number of nitrogens with zero attached hydrogens (tertiary/aromatic N) is 3. The molecule has 8 heteroatoms. The third-order valence-corrected chi connectivity index (χ3v) is 8.38. The van der Waals surface area contributed by atoms with Gasteiger partial charge in [-0.25, -0.2) is 9.38 Å². The van der Waals surface area contributed by atoms with Crippen LogP contribution in [0, 0.1) is 12.7 Å². The molecule has 1 saturated heterocycles. The number of hydrogen-bond acceptors (Lipinski definition) is 3. The van der Waals surface area contributed by atoms with Crippen molar-refractivity contribution in [2.45, 2.75) is 20.4 Å². The molecule has 3 aromatic carbocycles. The van der Waals surface area contributed by atoms with Crippen molar-refractivity contribution in [1.29, 1.82) is 0 Å². The number of rotatable bonds is 5. The molecule has 0 aliphatic carbocycles. The van der Waals surface area contributed by atoms with Gasteiger partial charge in [-0.05, 0) is 89.6 Å². The summed E-state index contributed by atoms with van der Waals surface area (Å²) in [5, 5.41) is 2.25. The van der Waals surface area contributed by atoms with Gasteiger partial charge in [0, 0.05) is 39.7 Å². The smallest absolute Gasteiger partial charge is 0.266 e. The van der Waals surface area contributed by atoms with Crippen LogP contribution < -0.4 is 0 Å². The van der Waals surface area contributed by atoms with Gasteiger partial charge in [0.25, 0.3) is 5.91 Å². The molecule has 5 rings (SSSR count). The van der Waals surface area contributed by atoms with Crippen LogP contribution in [0.3, 0.4) is 0 Å². The fourth-order valence-corrected chi connectivity index (χ4v) is 5.75. The van der Waals surface area contributed by atoms with Gasteiger partial charge >= 0.3 is 0 Å². The van der Waals surface area contributed by atoms with Crippen LogP contribution in [0.1, 0.15) is 23.7 Å². The van der Waals surface area contributed by atoms with E-state index in [1.54, 1.807) is 23.1 Å². The monoisotopic (exact) mass is 581 g/mol. The van der Waals surface area contributed by atoms with Crippen LogP contribution in [0.4, 0.5) is 10.1 Å². The van der Waals surface area contributed by atoms with E-state index in [0.29, 0.717) is 33.9 Å².